The van der Waals surface area contributed by atoms with E-state index in [2.05, 4.69) is 11.9 Å². The van der Waals surface area contributed by atoms with Gasteiger partial charge in [0.25, 0.3) is 0 Å². The molecule has 0 aliphatic rings. The molecule has 0 aliphatic carbocycles. The van der Waals surface area contributed by atoms with E-state index in [0.29, 0.717) is 36.4 Å². The van der Waals surface area contributed by atoms with Crippen LogP contribution >= 0.6 is 0 Å². The molecule has 1 aromatic carbocycles. The Labute approximate surface area is 126 Å². The minimum atomic E-state index is -0.607. The number of aliphatic hydroxyl groups is 1. The Bertz CT molecular complexity index is 434. The summed E-state index contributed by atoms with van der Waals surface area (Å²) in [5.74, 6) is 1.63. The highest BCUT2D eigenvalue weighted by atomic mass is 16.5. The molecule has 0 aromatic heterocycles. The second-order valence-electron chi connectivity index (χ2n) is 4.91. The van der Waals surface area contributed by atoms with Crippen molar-refractivity contribution in [2.24, 2.45) is 0 Å². The average molecular weight is 295 g/mol. The maximum Gasteiger partial charge on any atom is 0.203 e. The highest BCUT2D eigenvalue weighted by molar-refractivity contribution is 5.51. The fourth-order valence-corrected chi connectivity index (χ4v) is 1.67. The SMILES string of the molecule is C=CCOc1cccc(OC)c1OCC(O)CNC(C)C. The molecule has 0 saturated carbocycles. The first-order valence-corrected chi connectivity index (χ1v) is 7.03. The van der Waals surface area contributed by atoms with Crippen molar-refractivity contribution in [1.82, 2.24) is 5.32 Å². The lowest BCUT2D eigenvalue weighted by Gasteiger charge is -2.18. The van der Waals surface area contributed by atoms with Gasteiger partial charge >= 0.3 is 0 Å². The van der Waals surface area contributed by atoms with E-state index in [1.807, 2.05) is 19.9 Å². The van der Waals surface area contributed by atoms with Crippen molar-refractivity contribution in [1.29, 1.82) is 0 Å². The zero-order chi connectivity index (χ0) is 15.7. The third-order valence-corrected chi connectivity index (χ3v) is 2.70. The molecule has 118 valence electrons. The largest absolute Gasteiger partial charge is 0.493 e. The summed E-state index contributed by atoms with van der Waals surface area (Å²) in [5.41, 5.74) is 0. The Hall–Kier alpha value is -1.72. The minimum Gasteiger partial charge on any atom is -0.493 e. The van der Waals surface area contributed by atoms with Gasteiger partial charge in [0.1, 0.15) is 19.3 Å². The predicted octanol–water partition coefficient (Wildman–Crippen LogP) is 2.00. The van der Waals surface area contributed by atoms with E-state index in [9.17, 15) is 5.11 Å². The summed E-state index contributed by atoms with van der Waals surface area (Å²) in [6.07, 6.45) is 1.05. The van der Waals surface area contributed by atoms with Crippen LogP contribution in [0.2, 0.25) is 0 Å². The number of ether oxygens (including phenoxy) is 3. The number of para-hydroxylation sites is 1. The molecule has 0 saturated heterocycles. The van der Waals surface area contributed by atoms with Gasteiger partial charge in [0.15, 0.2) is 11.5 Å². The lowest BCUT2D eigenvalue weighted by molar-refractivity contribution is 0.101. The molecule has 0 fully saturated rings. The summed E-state index contributed by atoms with van der Waals surface area (Å²) < 4.78 is 16.5. The first kappa shape index (κ1) is 17.3. The first-order chi connectivity index (χ1) is 10.1. The fraction of sp³-hybridized carbons (Fsp3) is 0.500. The smallest absolute Gasteiger partial charge is 0.203 e. The second kappa shape index (κ2) is 9.26. The van der Waals surface area contributed by atoms with Crippen molar-refractivity contribution in [3.63, 3.8) is 0 Å². The van der Waals surface area contributed by atoms with E-state index >= 15 is 0 Å². The Morgan fingerprint density at radius 1 is 1.29 bits per heavy atom. The second-order valence-corrected chi connectivity index (χ2v) is 4.91. The summed E-state index contributed by atoms with van der Waals surface area (Å²) in [6, 6.07) is 5.72. The van der Waals surface area contributed by atoms with E-state index in [-0.39, 0.29) is 6.61 Å². The van der Waals surface area contributed by atoms with Crippen molar-refractivity contribution in [2.45, 2.75) is 26.0 Å². The summed E-state index contributed by atoms with van der Waals surface area (Å²) in [4.78, 5) is 0. The highest BCUT2D eigenvalue weighted by Crippen LogP contribution is 2.37. The van der Waals surface area contributed by atoms with Crippen LogP contribution in [0, 0.1) is 0 Å². The van der Waals surface area contributed by atoms with Gasteiger partial charge in [0, 0.05) is 12.6 Å². The molecule has 0 bridgehead atoms. The van der Waals surface area contributed by atoms with Crippen molar-refractivity contribution in [3.8, 4) is 17.2 Å². The number of aliphatic hydroxyl groups excluding tert-OH is 1. The summed E-state index contributed by atoms with van der Waals surface area (Å²) in [6.45, 7) is 8.66. The van der Waals surface area contributed by atoms with Crippen LogP contribution in [0.4, 0.5) is 0 Å². The number of hydrogen-bond donors (Lipinski definition) is 2. The van der Waals surface area contributed by atoms with E-state index in [1.165, 1.54) is 0 Å². The van der Waals surface area contributed by atoms with Gasteiger partial charge in [0.2, 0.25) is 5.75 Å². The van der Waals surface area contributed by atoms with Gasteiger partial charge in [0.05, 0.1) is 7.11 Å². The van der Waals surface area contributed by atoms with E-state index in [1.54, 1.807) is 25.3 Å². The Morgan fingerprint density at radius 2 is 2.00 bits per heavy atom. The zero-order valence-electron chi connectivity index (χ0n) is 13.0. The number of benzene rings is 1. The molecule has 5 heteroatoms. The monoisotopic (exact) mass is 295 g/mol. The highest BCUT2D eigenvalue weighted by Gasteiger charge is 2.14. The molecule has 0 aliphatic heterocycles. The molecule has 1 rings (SSSR count). The zero-order valence-corrected chi connectivity index (χ0v) is 13.0. The normalized spacial score (nSPS) is 12.0. The maximum absolute atomic E-state index is 9.90. The van der Waals surface area contributed by atoms with Crippen LogP contribution < -0.4 is 19.5 Å². The topological polar surface area (TPSA) is 60.0 Å². The summed E-state index contributed by atoms with van der Waals surface area (Å²) >= 11 is 0. The molecule has 5 nitrogen and oxygen atoms in total. The quantitative estimate of drug-likeness (QED) is 0.647. The molecule has 0 amide bonds. The lowest BCUT2D eigenvalue weighted by atomic mass is 10.3. The van der Waals surface area contributed by atoms with Crippen LogP contribution in [0.5, 0.6) is 17.2 Å². The third-order valence-electron chi connectivity index (χ3n) is 2.70. The molecule has 2 N–H and O–H groups in total. The van der Waals surface area contributed by atoms with Crippen molar-refractivity contribution >= 4 is 0 Å². The van der Waals surface area contributed by atoms with Gasteiger partial charge < -0.3 is 24.6 Å². The Kier molecular flexibility index (Phi) is 7.64. The standard InChI is InChI=1S/C16H25NO4/c1-5-9-20-15-8-6-7-14(19-4)16(15)21-11-13(18)10-17-12(2)3/h5-8,12-13,17-18H,1,9-11H2,2-4H3. The van der Waals surface area contributed by atoms with E-state index < -0.39 is 6.10 Å². The third kappa shape index (κ3) is 6.06. The van der Waals surface area contributed by atoms with Crippen LogP contribution in [0.15, 0.2) is 30.9 Å². The lowest BCUT2D eigenvalue weighted by Crippen LogP contribution is -2.35. The predicted molar refractivity (Wildman–Crippen MR) is 83.3 cm³/mol. The summed E-state index contributed by atoms with van der Waals surface area (Å²) in [5, 5.41) is 13.1. The van der Waals surface area contributed by atoms with E-state index in [0.717, 1.165) is 0 Å². The van der Waals surface area contributed by atoms with Crippen LogP contribution in [0.3, 0.4) is 0 Å². The Balaban J connectivity index is 2.68. The van der Waals surface area contributed by atoms with Gasteiger partial charge in [-0.05, 0) is 12.1 Å². The maximum atomic E-state index is 9.90. The number of rotatable bonds is 10. The number of hydrogen-bond acceptors (Lipinski definition) is 5. The number of nitrogens with one attached hydrogen (secondary N) is 1. The fourth-order valence-electron chi connectivity index (χ4n) is 1.67. The van der Waals surface area contributed by atoms with Gasteiger partial charge in [-0.3, -0.25) is 0 Å². The molecule has 1 aromatic rings. The van der Waals surface area contributed by atoms with Gasteiger partial charge in [-0.2, -0.15) is 0 Å². The molecule has 1 atom stereocenters. The first-order valence-electron chi connectivity index (χ1n) is 7.03. The van der Waals surface area contributed by atoms with Crippen molar-refractivity contribution in [2.75, 3.05) is 26.9 Å². The van der Waals surface area contributed by atoms with Crippen molar-refractivity contribution < 1.29 is 19.3 Å². The molecular weight excluding hydrogens is 270 g/mol. The van der Waals surface area contributed by atoms with Crippen LogP contribution in [0.1, 0.15) is 13.8 Å². The molecule has 0 spiro atoms. The summed E-state index contributed by atoms with van der Waals surface area (Å²) in [7, 11) is 1.57. The van der Waals surface area contributed by atoms with Gasteiger partial charge in [-0.25, -0.2) is 0 Å². The van der Waals surface area contributed by atoms with E-state index in [4.69, 9.17) is 14.2 Å². The van der Waals surface area contributed by atoms with Gasteiger partial charge in [-0.1, -0.05) is 32.6 Å². The molecule has 21 heavy (non-hydrogen) atoms. The van der Waals surface area contributed by atoms with Crippen molar-refractivity contribution in [3.05, 3.63) is 30.9 Å². The molecule has 0 heterocycles. The van der Waals surface area contributed by atoms with Crippen LogP contribution in [-0.2, 0) is 0 Å². The van der Waals surface area contributed by atoms with Crippen LogP contribution in [-0.4, -0.2) is 44.1 Å². The minimum absolute atomic E-state index is 0.157. The Morgan fingerprint density at radius 3 is 2.62 bits per heavy atom. The average Bonchev–Trinajstić information content (AvgIpc) is 2.48. The van der Waals surface area contributed by atoms with Crippen LogP contribution in [0.25, 0.3) is 0 Å². The number of methoxy groups -OCH3 is 1. The molecular formula is C16H25NO4. The molecule has 1 unspecified atom stereocenters. The van der Waals surface area contributed by atoms with Gasteiger partial charge in [-0.15, -0.1) is 0 Å². The molecule has 0 radical (unpaired) electrons.